The molecule has 0 aliphatic heterocycles. The van der Waals surface area contributed by atoms with Gasteiger partial charge in [0.2, 0.25) is 5.91 Å². The second-order valence-electron chi connectivity index (χ2n) is 5.40. The fourth-order valence-corrected chi connectivity index (χ4v) is 1.90. The second-order valence-corrected chi connectivity index (χ2v) is 5.84. The molecule has 0 aliphatic carbocycles. The number of hydrogen-bond acceptors (Lipinski definition) is 3. The van der Waals surface area contributed by atoms with Gasteiger partial charge in [-0.2, -0.15) is 0 Å². The molecule has 122 valence electrons. The molecule has 0 aromatic heterocycles. The van der Waals surface area contributed by atoms with Crippen molar-refractivity contribution in [3.05, 3.63) is 34.9 Å². The maximum atomic E-state index is 12.0. The first kappa shape index (κ1) is 18.5. The van der Waals surface area contributed by atoms with Gasteiger partial charge in [0, 0.05) is 17.1 Å². The Bertz CT molecular complexity index is 505. The molecule has 0 bridgehead atoms. The molecule has 1 rings (SSSR count). The summed E-state index contributed by atoms with van der Waals surface area (Å²) in [4.78, 5) is 23.9. The molecule has 0 aliphatic rings. The first-order valence-corrected chi connectivity index (χ1v) is 7.75. The van der Waals surface area contributed by atoms with Crippen molar-refractivity contribution in [3.63, 3.8) is 0 Å². The van der Waals surface area contributed by atoms with E-state index >= 15 is 0 Å². The van der Waals surface area contributed by atoms with E-state index in [1.807, 2.05) is 13.8 Å². The molecule has 0 saturated carbocycles. The van der Waals surface area contributed by atoms with Crippen molar-refractivity contribution < 1.29 is 14.7 Å². The number of amides is 2. The van der Waals surface area contributed by atoms with Gasteiger partial charge < -0.3 is 15.7 Å². The minimum absolute atomic E-state index is 0.110. The minimum atomic E-state index is -0.688. The molecule has 0 radical (unpaired) electrons. The number of aliphatic hydroxyl groups is 1. The molecule has 6 heteroatoms. The van der Waals surface area contributed by atoms with E-state index in [4.69, 9.17) is 11.6 Å². The normalized spacial score (nSPS) is 14.8. The maximum absolute atomic E-state index is 12.0. The zero-order valence-electron chi connectivity index (χ0n) is 13.1. The summed E-state index contributed by atoms with van der Waals surface area (Å²) in [6, 6.07) is 5.73. The van der Waals surface area contributed by atoms with Crippen LogP contribution in [-0.2, 0) is 4.79 Å². The molecule has 3 unspecified atom stereocenters. The molecule has 0 spiro atoms. The van der Waals surface area contributed by atoms with Crippen molar-refractivity contribution in [3.8, 4) is 0 Å². The monoisotopic (exact) mass is 326 g/mol. The number of carbonyl (C=O) groups excluding carboxylic acids is 2. The number of hydrogen-bond donors (Lipinski definition) is 3. The maximum Gasteiger partial charge on any atom is 0.251 e. The lowest BCUT2D eigenvalue weighted by Crippen LogP contribution is -2.47. The van der Waals surface area contributed by atoms with Gasteiger partial charge in [-0.15, -0.1) is 0 Å². The molecule has 22 heavy (non-hydrogen) atoms. The highest BCUT2D eigenvalue weighted by Crippen LogP contribution is 2.09. The fraction of sp³-hybridized carbons (Fsp3) is 0.500. The number of benzene rings is 1. The Morgan fingerprint density at radius 3 is 2.36 bits per heavy atom. The van der Waals surface area contributed by atoms with Crippen LogP contribution in [-0.4, -0.2) is 35.6 Å². The molecule has 1 aromatic rings. The van der Waals surface area contributed by atoms with Gasteiger partial charge in [-0.25, -0.2) is 0 Å². The SMILES string of the molecule is CCC(C)C(O)CNC(=O)C(C)NC(=O)c1ccc(Cl)cc1. The average molecular weight is 327 g/mol. The quantitative estimate of drug-likeness (QED) is 0.717. The number of nitrogens with one attached hydrogen (secondary N) is 2. The number of aliphatic hydroxyl groups excluding tert-OH is 1. The molecule has 5 nitrogen and oxygen atoms in total. The highest BCUT2D eigenvalue weighted by atomic mass is 35.5. The highest BCUT2D eigenvalue weighted by Gasteiger charge is 2.19. The first-order valence-electron chi connectivity index (χ1n) is 7.37. The molecule has 3 atom stereocenters. The van der Waals surface area contributed by atoms with Crippen LogP contribution in [0, 0.1) is 5.92 Å². The lowest BCUT2D eigenvalue weighted by Gasteiger charge is -2.19. The van der Waals surface area contributed by atoms with E-state index < -0.39 is 12.1 Å². The van der Waals surface area contributed by atoms with Gasteiger partial charge in [-0.05, 0) is 37.1 Å². The van der Waals surface area contributed by atoms with E-state index in [2.05, 4.69) is 10.6 Å². The third-order valence-corrected chi connectivity index (χ3v) is 3.89. The Balaban J connectivity index is 2.46. The van der Waals surface area contributed by atoms with Crippen molar-refractivity contribution in [2.24, 2.45) is 5.92 Å². The van der Waals surface area contributed by atoms with Crippen LogP contribution in [0.4, 0.5) is 0 Å². The summed E-state index contributed by atoms with van der Waals surface area (Å²) in [5.41, 5.74) is 0.434. The zero-order chi connectivity index (χ0) is 16.7. The Hall–Kier alpha value is -1.59. The van der Waals surface area contributed by atoms with Crippen molar-refractivity contribution in [2.75, 3.05) is 6.54 Å². The van der Waals surface area contributed by atoms with E-state index in [0.29, 0.717) is 10.6 Å². The fourth-order valence-electron chi connectivity index (χ4n) is 1.78. The second kappa shape index (κ2) is 8.76. The van der Waals surface area contributed by atoms with Gasteiger partial charge in [0.15, 0.2) is 0 Å². The summed E-state index contributed by atoms with van der Waals surface area (Å²) in [5.74, 6) is -0.564. The van der Waals surface area contributed by atoms with Gasteiger partial charge in [0.05, 0.1) is 6.10 Å². The smallest absolute Gasteiger partial charge is 0.251 e. The molecule has 3 N–H and O–H groups in total. The summed E-state index contributed by atoms with van der Waals surface area (Å²) in [6.45, 7) is 5.67. The Labute approximate surface area is 136 Å². The predicted molar refractivity (Wildman–Crippen MR) is 86.9 cm³/mol. The van der Waals surface area contributed by atoms with E-state index in [1.165, 1.54) is 0 Å². The molecule has 2 amide bonds. The molecular weight excluding hydrogens is 304 g/mol. The van der Waals surface area contributed by atoms with Gasteiger partial charge in [0.25, 0.3) is 5.91 Å². The van der Waals surface area contributed by atoms with Crippen LogP contribution in [0.5, 0.6) is 0 Å². The summed E-state index contributed by atoms with van der Waals surface area (Å²) in [6.07, 6.45) is 0.244. The van der Waals surface area contributed by atoms with Gasteiger partial charge >= 0.3 is 0 Å². The van der Waals surface area contributed by atoms with Crippen molar-refractivity contribution >= 4 is 23.4 Å². The standard InChI is InChI=1S/C16H23ClN2O3/c1-4-10(2)14(20)9-18-15(21)11(3)19-16(22)12-5-7-13(17)8-6-12/h5-8,10-11,14,20H,4,9H2,1-3H3,(H,18,21)(H,19,22). The van der Waals surface area contributed by atoms with Gasteiger partial charge in [0.1, 0.15) is 6.04 Å². The highest BCUT2D eigenvalue weighted by molar-refractivity contribution is 6.30. The van der Waals surface area contributed by atoms with Crippen molar-refractivity contribution in [1.82, 2.24) is 10.6 Å². The van der Waals surface area contributed by atoms with Crippen LogP contribution in [0.15, 0.2) is 24.3 Å². The van der Waals surface area contributed by atoms with Crippen molar-refractivity contribution in [1.29, 1.82) is 0 Å². The lowest BCUT2D eigenvalue weighted by atomic mass is 10.0. The number of halogens is 1. The first-order chi connectivity index (χ1) is 10.3. The predicted octanol–water partition coefficient (Wildman–Crippen LogP) is 1.98. The van der Waals surface area contributed by atoms with E-state index in [0.717, 1.165) is 6.42 Å². The summed E-state index contributed by atoms with van der Waals surface area (Å²) in [5, 5.41) is 15.6. The molecule has 0 fully saturated rings. The van der Waals surface area contributed by atoms with Crippen LogP contribution >= 0.6 is 11.6 Å². The van der Waals surface area contributed by atoms with Gasteiger partial charge in [-0.3, -0.25) is 9.59 Å². The van der Waals surface area contributed by atoms with Crippen LogP contribution in [0.2, 0.25) is 5.02 Å². The molecular formula is C16H23ClN2O3. The minimum Gasteiger partial charge on any atom is -0.391 e. The number of carbonyl (C=O) groups is 2. The van der Waals surface area contributed by atoms with Crippen molar-refractivity contribution in [2.45, 2.75) is 39.3 Å². The lowest BCUT2D eigenvalue weighted by molar-refractivity contribution is -0.123. The Morgan fingerprint density at radius 2 is 1.82 bits per heavy atom. The van der Waals surface area contributed by atoms with Crippen LogP contribution in [0.1, 0.15) is 37.6 Å². The van der Waals surface area contributed by atoms with E-state index in [-0.39, 0.29) is 24.3 Å². The van der Waals surface area contributed by atoms with Crippen LogP contribution < -0.4 is 10.6 Å². The van der Waals surface area contributed by atoms with Crippen LogP contribution in [0.25, 0.3) is 0 Å². The molecule has 0 heterocycles. The number of rotatable bonds is 7. The van der Waals surface area contributed by atoms with Gasteiger partial charge in [-0.1, -0.05) is 31.9 Å². The summed E-state index contributed by atoms with van der Waals surface area (Å²) >= 11 is 5.76. The Morgan fingerprint density at radius 1 is 1.23 bits per heavy atom. The van der Waals surface area contributed by atoms with E-state index in [9.17, 15) is 14.7 Å². The molecule has 0 saturated heterocycles. The van der Waals surface area contributed by atoms with Crippen LogP contribution in [0.3, 0.4) is 0 Å². The average Bonchev–Trinajstić information content (AvgIpc) is 2.51. The summed E-state index contributed by atoms with van der Waals surface area (Å²) in [7, 11) is 0. The third kappa shape index (κ3) is 5.66. The summed E-state index contributed by atoms with van der Waals surface area (Å²) < 4.78 is 0. The third-order valence-electron chi connectivity index (χ3n) is 3.63. The topological polar surface area (TPSA) is 78.4 Å². The Kier molecular flexibility index (Phi) is 7.35. The largest absolute Gasteiger partial charge is 0.391 e. The molecule has 1 aromatic carbocycles. The zero-order valence-corrected chi connectivity index (χ0v) is 13.9. The van der Waals surface area contributed by atoms with E-state index in [1.54, 1.807) is 31.2 Å².